The second-order valence-electron chi connectivity index (χ2n) is 4.04. The van der Waals surface area contributed by atoms with Crippen LogP contribution in [-0.2, 0) is 21.6 Å². The van der Waals surface area contributed by atoms with Gasteiger partial charge in [0.25, 0.3) is 0 Å². The number of aromatic nitrogens is 2. The van der Waals surface area contributed by atoms with Crippen LogP contribution in [0.3, 0.4) is 0 Å². The van der Waals surface area contributed by atoms with Crippen LogP contribution in [0.1, 0.15) is 26.0 Å². The first-order valence-electron chi connectivity index (χ1n) is 5.46. The van der Waals surface area contributed by atoms with E-state index < -0.39 is 11.9 Å². The monoisotopic (exact) mass is 262 g/mol. The van der Waals surface area contributed by atoms with Gasteiger partial charge in [-0.2, -0.15) is 5.10 Å². The Morgan fingerprint density at radius 1 is 1.53 bits per heavy atom. The Kier molecular flexibility index (Phi) is 4.94. The molecule has 0 aliphatic rings. The molecule has 0 aliphatic carbocycles. The largest absolute Gasteiger partial charge is 0.384 e. The number of hydrogen-bond donors (Lipinski definition) is 1. The molecule has 1 atom stereocenters. The molecule has 17 heavy (non-hydrogen) atoms. The minimum Gasteiger partial charge on any atom is -0.384 e. The molecular weight excluding hydrogens is 244 g/mol. The van der Waals surface area contributed by atoms with Gasteiger partial charge in [-0.25, -0.2) is 0 Å². The third-order valence-corrected chi connectivity index (χ3v) is 2.97. The van der Waals surface area contributed by atoms with Crippen molar-refractivity contribution in [2.45, 2.75) is 38.7 Å². The summed E-state index contributed by atoms with van der Waals surface area (Å²) in [5.41, 5.74) is -0.568. The van der Waals surface area contributed by atoms with E-state index in [0.29, 0.717) is 17.3 Å². The van der Waals surface area contributed by atoms with Crippen LogP contribution < -0.4 is 0 Å². The van der Waals surface area contributed by atoms with Crippen molar-refractivity contribution < 1.29 is 14.6 Å². The SMILES string of the molecule is CCn1ncc(Cl)c1C(C)(O)CC(OC)OC. The maximum Gasteiger partial charge on any atom is 0.159 e. The molecule has 0 amide bonds. The summed E-state index contributed by atoms with van der Waals surface area (Å²) in [7, 11) is 3.06. The average molecular weight is 263 g/mol. The Labute approximate surface area is 106 Å². The van der Waals surface area contributed by atoms with Gasteiger partial charge in [-0.1, -0.05) is 11.6 Å². The zero-order chi connectivity index (χ0) is 13.1. The van der Waals surface area contributed by atoms with Gasteiger partial charge >= 0.3 is 0 Å². The lowest BCUT2D eigenvalue weighted by Crippen LogP contribution is -2.32. The van der Waals surface area contributed by atoms with Crippen LogP contribution in [0.15, 0.2) is 6.20 Å². The van der Waals surface area contributed by atoms with Gasteiger partial charge in [0.05, 0.1) is 16.9 Å². The summed E-state index contributed by atoms with van der Waals surface area (Å²) in [6.07, 6.45) is 1.33. The highest BCUT2D eigenvalue weighted by Gasteiger charge is 2.33. The molecule has 1 N–H and O–H groups in total. The van der Waals surface area contributed by atoms with Crippen molar-refractivity contribution >= 4 is 11.6 Å². The molecule has 1 unspecified atom stereocenters. The fourth-order valence-electron chi connectivity index (χ4n) is 1.82. The molecule has 0 aliphatic heterocycles. The van der Waals surface area contributed by atoms with Gasteiger partial charge in [-0.3, -0.25) is 4.68 Å². The summed E-state index contributed by atoms with van der Waals surface area (Å²) < 4.78 is 11.9. The molecule has 1 aromatic rings. The molecule has 0 spiro atoms. The smallest absolute Gasteiger partial charge is 0.159 e. The van der Waals surface area contributed by atoms with Crippen molar-refractivity contribution in [2.24, 2.45) is 0 Å². The van der Waals surface area contributed by atoms with Gasteiger partial charge in [-0.05, 0) is 13.8 Å². The van der Waals surface area contributed by atoms with Gasteiger partial charge in [0.2, 0.25) is 0 Å². The number of methoxy groups -OCH3 is 2. The van der Waals surface area contributed by atoms with E-state index >= 15 is 0 Å². The van der Waals surface area contributed by atoms with E-state index in [2.05, 4.69) is 5.10 Å². The second-order valence-corrected chi connectivity index (χ2v) is 4.44. The molecule has 0 aromatic carbocycles. The van der Waals surface area contributed by atoms with Gasteiger partial charge in [-0.15, -0.1) is 0 Å². The lowest BCUT2D eigenvalue weighted by Gasteiger charge is -2.28. The van der Waals surface area contributed by atoms with Crippen LogP contribution in [0.4, 0.5) is 0 Å². The topological polar surface area (TPSA) is 56.5 Å². The van der Waals surface area contributed by atoms with E-state index in [4.69, 9.17) is 21.1 Å². The van der Waals surface area contributed by atoms with Crippen LogP contribution in [-0.4, -0.2) is 35.4 Å². The Hall–Kier alpha value is -0.620. The minimum atomic E-state index is -1.15. The maximum atomic E-state index is 10.5. The third kappa shape index (κ3) is 3.19. The van der Waals surface area contributed by atoms with E-state index in [-0.39, 0.29) is 6.42 Å². The number of aliphatic hydroxyl groups is 1. The molecule has 1 aromatic heterocycles. The normalized spacial score (nSPS) is 15.2. The number of ether oxygens (including phenoxy) is 2. The molecule has 5 nitrogen and oxygen atoms in total. The Balaban J connectivity index is 2.98. The molecule has 0 saturated carbocycles. The first-order chi connectivity index (χ1) is 7.96. The summed E-state index contributed by atoms with van der Waals surface area (Å²) in [6, 6.07) is 0. The first kappa shape index (κ1) is 14.4. The molecule has 98 valence electrons. The van der Waals surface area contributed by atoms with Crippen molar-refractivity contribution in [3.63, 3.8) is 0 Å². The minimum absolute atomic E-state index is 0.283. The molecular formula is C11H19ClN2O3. The van der Waals surface area contributed by atoms with Crippen molar-refractivity contribution in [2.75, 3.05) is 14.2 Å². The van der Waals surface area contributed by atoms with Crippen molar-refractivity contribution in [3.05, 3.63) is 16.9 Å². The fourth-order valence-corrected chi connectivity index (χ4v) is 2.17. The van der Waals surface area contributed by atoms with Crippen LogP contribution in [0.5, 0.6) is 0 Å². The van der Waals surface area contributed by atoms with Gasteiger partial charge in [0.15, 0.2) is 6.29 Å². The lowest BCUT2D eigenvalue weighted by atomic mass is 9.97. The van der Waals surface area contributed by atoms with Gasteiger partial charge in [0.1, 0.15) is 5.60 Å². The van der Waals surface area contributed by atoms with E-state index in [0.717, 1.165) is 0 Å². The summed E-state index contributed by atoms with van der Waals surface area (Å²) in [6.45, 7) is 4.25. The Morgan fingerprint density at radius 2 is 2.12 bits per heavy atom. The predicted octanol–water partition coefficient (Wildman–Crippen LogP) is 1.77. The number of halogens is 1. The van der Waals surface area contributed by atoms with Crippen molar-refractivity contribution in [1.29, 1.82) is 0 Å². The summed E-state index contributed by atoms with van der Waals surface area (Å²) in [4.78, 5) is 0. The molecule has 6 heteroatoms. The maximum absolute atomic E-state index is 10.5. The van der Waals surface area contributed by atoms with E-state index in [1.807, 2.05) is 6.92 Å². The average Bonchev–Trinajstić information content (AvgIpc) is 2.68. The predicted molar refractivity (Wildman–Crippen MR) is 64.9 cm³/mol. The third-order valence-electron chi connectivity index (χ3n) is 2.69. The number of aryl methyl sites for hydroxylation is 1. The zero-order valence-corrected chi connectivity index (χ0v) is 11.4. The molecule has 0 radical (unpaired) electrons. The fraction of sp³-hybridized carbons (Fsp3) is 0.727. The van der Waals surface area contributed by atoms with Crippen LogP contribution in [0, 0.1) is 0 Å². The highest BCUT2D eigenvalue weighted by molar-refractivity contribution is 6.31. The van der Waals surface area contributed by atoms with Crippen LogP contribution >= 0.6 is 11.6 Å². The quantitative estimate of drug-likeness (QED) is 0.794. The molecule has 1 rings (SSSR count). The Morgan fingerprint density at radius 3 is 2.59 bits per heavy atom. The lowest BCUT2D eigenvalue weighted by molar-refractivity contribution is -0.143. The summed E-state index contributed by atoms with van der Waals surface area (Å²) in [5, 5.41) is 15.0. The number of hydrogen-bond acceptors (Lipinski definition) is 4. The summed E-state index contributed by atoms with van der Waals surface area (Å²) in [5.74, 6) is 0. The first-order valence-corrected chi connectivity index (χ1v) is 5.83. The van der Waals surface area contributed by atoms with E-state index in [9.17, 15) is 5.11 Å². The molecule has 0 fully saturated rings. The zero-order valence-electron chi connectivity index (χ0n) is 10.6. The van der Waals surface area contributed by atoms with Crippen LogP contribution in [0.2, 0.25) is 5.02 Å². The van der Waals surface area contributed by atoms with Gasteiger partial charge in [0, 0.05) is 27.2 Å². The Bertz CT molecular complexity index is 362. The van der Waals surface area contributed by atoms with E-state index in [1.54, 1.807) is 11.6 Å². The highest BCUT2D eigenvalue weighted by Crippen LogP contribution is 2.32. The molecule has 0 bridgehead atoms. The van der Waals surface area contributed by atoms with Gasteiger partial charge < -0.3 is 14.6 Å². The van der Waals surface area contributed by atoms with E-state index in [1.165, 1.54) is 20.4 Å². The standard InChI is InChI=1S/C11H19ClN2O3/c1-5-14-10(8(12)7-13-14)11(2,15)6-9(16-3)17-4/h7,9,15H,5-6H2,1-4H3. The number of rotatable bonds is 6. The number of nitrogens with zero attached hydrogens (tertiary/aromatic N) is 2. The van der Waals surface area contributed by atoms with Crippen LogP contribution in [0.25, 0.3) is 0 Å². The summed E-state index contributed by atoms with van der Waals surface area (Å²) >= 11 is 6.05. The van der Waals surface area contributed by atoms with Crippen molar-refractivity contribution in [1.82, 2.24) is 9.78 Å². The van der Waals surface area contributed by atoms with Crippen molar-refractivity contribution in [3.8, 4) is 0 Å². The second kappa shape index (κ2) is 5.82. The molecule has 0 saturated heterocycles. The molecule has 1 heterocycles. The highest BCUT2D eigenvalue weighted by atomic mass is 35.5.